The third kappa shape index (κ3) is 2.73. The SMILES string of the molecule is Cc1cc(O)ccc1C(=O)N(C)c1ccc(F)cc1. The van der Waals surface area contributed by atoms with Crippen LogP contribution in [-0.4, -0.2) is 18.1 Å². The number of aryl methyl sites for hydroxylation is 1. The molecule has 0 fully saturated rings. The fourth-order valence-corrected chi connectivity index (χ4v) is 1.85. The van der Waals surface area contributed by atoms with Crippen molar-refractivity contribution in [2.45, 2.75) is 6.92 Å². The summed E-state index contributed by atoms with van der Waals surface area (Å²) in [5.74, 6) is -0.423. The van der Waals surface area contributed by atoms with Gasteiger partial charge in [-0.05, 0) is 55.0 Å². The zero-order chi connectivity index (χ0) is 14.0. The van der Waals surface area contributed by atoms with Crippen LogP contribution in [0.1, 0.15) is 15.9 Å². The van der Waals surface area contributed by atoms with Crippen LogP contribution in [0.3, 0.4) is 0 Å². The van der Waals surface area contributed by atoms with E-state index >= 15 is 0 Å². The van der Waals surface area contributed by atoms with Gasteiger partial charge >= 0.3 is 0 Å². The van der Waals surface area contributed by atoms with Gasteiger partial charge < -0.3 is 10.0 Å². The molecule has 19 heavy (non-hydrogen) atoms. The molecule has 0 aliphatic carbocycles. The maximum Gasteiger partial charge on any atom is 0.258 e. The number of hydrogen-bond acceptors (Lipinski definition) is 2. The van der Waals surface area contributed by atoms with Gasteiger partial charge in [-0.3, -0.25) is 4.79 Å². The molecule has 4 heteroatoms. The Morgan fingerprint density at radius 2 is 1.79 bits per heavy atom. The molecule has 0 bridgehead atoms. The number of aromatic hydroxyl groups is 1. The molecular formula is C15H14FNO2. The van der Waals surface area contributed by atoms with Crippen molar-refractivity contribution in [3.63, 3.8) is 0 Å². The first kappa shape index (κ1) is 13.1. The summed E-state index contributed by atoms with van der Waals surface area (Å²) < 4.78 is 12.9. The van der Waals surface area contributed by atoms with E-state index in [0.29, 0.717) is 16.8 Å². The van der Waals surface area contributed by atoms with Crippen LogP contribution in [-0.2, 0) is 0 Å². The Labute approximate surface area is 110 Å². The highest BCUT2D eigenvalue weighted by atomic mass is 19.1. The highest BCUT2D eigenvalue weighted by Crippen LogP contribution is 2.20. The Hall–Kier alpha value is -2.36. The van der Waals surface area contributed by atoms with Crippen LogP contribution >= 0.6 is 0 Å². The minimum atomic E-state index is -0.342. The first-order valence-corrected chi connectivity index (χ1v) is 5.82. The maximum absolute atomic E-state index is 12.9. The summed E-state index contributed by atoms with van der Waals surface area (Å²) in [6.45, 7) is 1.76. The van der Waals surface area contributed by atoms with Crippen LogP contribution in [0, 0.1) is 12.7 Å². The molecule has 1 N–H and O–H groups in total. The lowest BCUT2D eigenvalue weighted by atomic mass is 10.1. The molecule has 0 aliphatic heterocycles. The number of benzene rings is 2. The van der Waals surface area contributed by atoms with Crippen LogP contribution in [0.15, 0.2) is 42.5 Å². The lowest BCUT2D eigenvalue weighted by molar-refractivity contribution is 0.0992. The molecule has 0 saturated heterocycles. The molecular weight excluding hydrogens is 245 g/mol. The van der Waals surface area contributed by atoms with Crippen molar-refractivity contribution in [3.05, 3.63) is 59.4 Å². The number of carbonyl (C=O) groups is 1. The standard InChI is InChI=1S/C15H14FNO2/c1-10-9-13(18)7-8-14(10)15(19)17(2)12-5-3-11(16)4-6-12/h3-9,18H,1-2H3. The molecule has 1 amide bonds. The molecule has 98 valence electrons. The summed E-state index contributed by atoms with van der Waals surface area (Å²) in [7, 11) is 1.63. The predicted molar refractivity (Wildman–Crippen MR) is 72.0 cm³/mol. The van der Waals surface area contributed by atoms with E-state index in [-0.39, 0.29) is 17.5 Å². The lowest BCUT2D eigenvalue weighted by Crippen LogP contribution is -2.26. The fraction of sp³-hybridized carbons (Fsp3) is 0.133. The van der Waals surface area contributed by atoms with E-state index in [2.05, 4.69) is 0 Å². The van der Waals surface area contributed by atoms with Crippen molar-refractivity contribution in [1.29, 1.82) is 0 Å². The third-order valence-electron chi connectivity index (χ3n) is 2.96. The van der Waals surface area contributed by atoms with Crippen molar-refractivity contribution in [3.8, 4) is 5.75 Å². The summed E-state index contributed by atoms with van der Waals surface area (Å²) in [6, 6.07) is 10.3. The minimum Gasteiger partial charge on any atom is -0.508 e. The largest absolute Gasteiger partial charge is 0.508 e. The van der Waals surface area contributed by atoms with E-state index < -0.39 is 0 Å². The first-order valence-electron chi connectivity index (χ1n) is 5.82. The molecule has 0 radical (unpaired) electrons. The Morgan fingerprint density at radius 3 is 2.37 bits per heavy atom. The highest BCUT2D eigenvalue weighted by molar-refractivity contribution is 6.06. The van der Waals surface area contributed by atoms with Gasteiger partial charge in [0.1, 0.15) is 11.6 Å². The van der Waals surface area contributed by atoms with Crippen LogP contribution < -0.4 is 4.90 Å². The van der Waals surface area contributed by atoms with E-state index in [1.54, 1.807) is 32.2 Å². The Bertz CT molecular complexity index is 608. The van der Waals surface area contributed by atoms with Gasteiger partial charge in [-0.2, -0.15) is 0 Å². The van der Waals surface area contributed by atoms with Crippen LogP contribution in [0.2, 0.25) is 0 Å². The number of nitrogens with zero attached hydrogens (tertiary/aromatic N) is 1. The topological polar surface area (TPSA) is 40.5 Å². The normalized spacial score (nSPS) is 10.3. The monoisotopic (exact) mass is 259 g/mol. The average molecular weight is 259 g/mol. The number of amides is 1. The maximum atomic E-state index is 12.9. The zero-order valence-corrected chi connectivity index (χ0v) is 10.7. The van der Waals surface area contributed by atoms with E-state index in [1.165, 1.54) is 29.2 Å². The summed E-state index contributed by atoms with van der Waals surface area (Å²) in [5.41, 5.74) is 1.81. The predicted octanol–water partition coefficient (Wildman–Crippen LogP) is 3.12. The van der Waals surface area contributed by atoms with Crippen LogP contribution in [0.4, 0.5) is 10.1 Å². The summed E-state index contributed by atoms with van der Waals surface area (Å²) >= 11 is 0. The fourth-order valence-electron chi connectivity index (χ4n) is 1.85. The molecule has 0 unspecified atom stereocenters. The van der Waals surface area contributed by atoms with E-state index in [4.69, 9.17) is 0 Å². The number of rotatable bonds is 2. The number of hydrogen-bond donors (Lipinski definition) is 1. The molecule has 0 heterocycles. The van der Waals surface area contributed by atoms with E-state index in [0.717, 1.165) is 0 Å². The number of phenolic OH excluding ortho intramolecular Hbond substituents is 1. The van der Waals surface area contributed by atoms with Gasteiger partial charge in [-0.1, -0.05) is 0 Å². The molecule has 0 aromatic heterocycles. The van der Waals surface area contributed by atoms with Crippen molar-refractivity contribution >= 4 is 11.6 Å². The number of halogens is 1. The zero-order valence-electron chi connectivity index (χ0n) is 10.7. The smallest absolute Gasteiger partial charge is 0.258 e. The average Bonchev–Trinajstić information content (AvgIpc) is 2.38. The molecule has 0 atom stereocenters. The number of anilines is 1. The Balaban J connectivity index is 2.30. The van der Waals surface area contributed by atoms with Gasteiger partial charge in [-0.15, -0.1) is 0 Å². The van der Waals surface area contributed by atoms with Crippen molar-refractivity contribution in [2.24, 2.45) is 0 Å². The molecule has 0 saturated carbocycles. The quantitative estimate of drug-likeness (QED) is 0.900. The molecule has 3 nitrogen and oxygen atoms in total. The second-order valence-electron chi connectivity index (χ2n) is 4.34. The van der Waals surface area contributed by atoms with E-state index in [1.807, 2.05) is 0 Å². The van der Waals surface area contributed by atoms with Gasteiger partial charge in [0.2, 0.25) is 0 Å². The van der Waals surface area contributed by atoms with Crippen molar-refractivity contribution in [1.82, 2.24) is 0 Å². The second-order valence-corrected chi connectivity index (χ2v) is 4.34. The summed E-state index contributed by atoms with van der Waals surface area (Å²) in [5, 5.41) is 9.34. The van der Waals surface area contributed by atoms with Crippen molar-refractivity contribution in [2.75, 3.05) is 11.9 Å². The number of carbonyl (C=O) groups excluding carboxylic acids is 1. The lowest BCUT2D eigenvalue weighted by Gasteiger charge is -2.18. The molecule has 0 spiro atoms. The first-order chi connectivity index (χ1) is 8.99. The Kier molecular flexibility index (Phi) is 3.51. The van der Waals surface area contributed by atoms with E-state index in [9.17, 15) is 14.3 Å². The van der Waals surface area contributed by atoms with Gasteiger partial charge in [0.25, 0.3) is 5.91 Å². The molecule has 2 rings (SSSR count). The third-order valence-corrected chi connectivity index (χ3v) is 2.96. The minimum absolute atomic E-state index is 0.124. The van der Waals surface area contributed by atoms with Gasteiger partial charge in [-0.25, -0.2) is 4.39 Å². The number of phenols is 1. The molecule has 2 aromatic carbocycles. The highest BCUT2D eigenvalue weighted by Gasteiger charge is 2.15. The summed E-state index contributed by atoms with van der Waals surface area (Å²) in [6.07, 6.45) is 0. The Morgan fingerprint density at radius 1 is 1.16 bits per heavy atom. The second kappa shape index (κ2) is 5.10. The van der Waals surface area contributed by atoms with Crippen LogP contribution in [0.5, 0.6) is 5.75 Å². The molecule has 0 aliphatic rings. The van der Waals surface area contributed by atoms with Gasteiger partial charge in [0.05, 0.1) is 0 Å². The summed E-state index contributed by atoms with van der Waals surface area (Å²) in [4.78, 5) is 13.8. The van der Waals surface area contributed by atoms with Gasteiger partial charge in [0.15, 0.2) is 0 Å². The molecule has 2 aromatic rings. The van der Waals surface area contributed by atoms with Crippen LogP contribution in [0.25, 0.3) is 0 Å². The van der Waals surface area contributed by atoms with Gasteiger partial charge in [0, 0.05) is 18.3 Å². The van der Waals surface area contributed by atoms with Crippen molar-refractivity contribution < 1.29 is 14.3 Å².